The molecule has 1 N–H and O–H groups in total. The van der Waals surface area contributed by atoms with Gasteiger partial charge in [-0.1, -0.05) is 58.4 Å². The molecule has 0 unspecified atom stereocenters. The number of aryl methyl sites for hydroxylation is 1. The predicted octanol–water partition coefficient (Wildman–Crippen LogP) is 8.27. The van der Waals surface area contributed by atoms with Crippen LogP contribution in [0.5, 0.6) is 0 Å². The molecular formula is C30H44FNO2. The van der Waals surface area contributed by atoms with Crippen LogP contribution >= 0.6 is 0 Å². The molecule has 3 nitrogen and oxygen atoms in total. The van der Waals surface area contributed by atoms with Gasteiger partial charge in [-0.25, -0.2) is 4.39 Å². The van der Waals surface area contributed by atoms with Crippen molar-refractivity contribution in [3.63, 3.8) is 0 Å². The highest BCUT2D eigenvalue weighted by molar-refractivity contribution is 5.84. The molecule has 34 heavy (non-hydrogen) atoms. The fourth-order valence-electron chi connectivity index (χ4n) is 3.33. The minimum Gasteiger partial charge on any atom is -0.386 e. The first kappa shape index (κ1) is 29.7. The summed E-state index contributed by atoms with van der Waals surface area (Å²) in [6.07, 6.45) is 6.18. The molecule has 0 radical (unpaired) electrons. The molecule has 4 heteroatoms. The van der Waals surface area contributed by atoms with Gasteiger partial charge in [0.25, 0.3) is 0 Å². The molecule has 3 rings (SSSR count). The average Bonchev–Trinajstić information content (AvgIpc) is 2.74. The van der Waals surface area contributed by atoms with Gasteiger partial charge >= 0.3 is 0 Å². The molecule has 0 amide bonds. The van der Waals surface area contributed by atoms with Crippen LogP contribution in [-0.4, -0.2) is 16.6 Å². The van der Waals surface area contributed by atoms with Gasteiger partial charge in [-0.15, -0.1) is 0 Å². The maximum absolute atomic E-state index is 12.6. The van der Waals surface area contributed by atoms with Gasteiger partial charge in [-0.05, 0) is 87.3 Å². The number of aliphatic hydroxyl groups is 1. The normalized spacial score (nSPS) is 14.7. The molecule has 0 bridgehead atoms. The molecular weight excluding hydrogens is 425 g/mol. The number of benzene rings is 2. The van der Waals surface area contributed by atoms with Gasteiger partial charge in [0.15, 0.2) is 0 Å². The lowest BCUT2D eigenvalue weighted by Crippen LogP contribution is -2.20. The quantitative estimate of drug-likeness (QED) is 0.433. The molecule has 1 aliphatic rings. The van der Waals surface area contributed by atoms with Gasteiger partial charge < -0.3 is 5.11 Å². The summed E-state index contributed by atoms with van der Waals surface area (Å²) in [5, 5.41) is 9.90. The maximum atomic E-state index is 12.6. The van der Waals surface area contributed by atoms with Crippen molar-refractivity contribution in [2.45, 2.75) is 99.5 Å². The number of Topliss-reactive ketones (excluding diaryl/α,β-unsaturated/α-hetero) is 1. The average molecular weight is 470 g/mol. The number of aliphatic imine (C=N–C) groups is 1. The molecule has 1 saturated carbocycles. The Hall–Kier alpha value is -2.33. The molecule has 2 aromatic rings. The number of carbonyl (C=O) groups excluding carboxylic acids is 1. The van der Waals surface area contributed by atoms with Crippen molar-refractivity contribution in [2.24, 2.45) is 10.4 Å². The fourth-order valence-corrected chi connectivity index (χ4v) is 3.33. The number of hydrogen-bond acceptors (Lipinski definition) is 3. The number of halogens is 1. The Labute approximate surface area is 206 Å². The standard InChI is InChI=1S/C14H21NO.C10H11FO.C6H12/c1-6-11(3)15-13-8-7-12(9-10(13)2)14(4,5)16;1-2-10(12)7-8-4-3-5-9(11)6-8;1-6(2)4-3-5-6/h7-9,16H,6H2,1-5H3;3-6H,2,7H2,1H3;3-5H2,1-2H3. The summed E-state index contributed by atoms with van der Waals surface area (Å²) in [6.45, 7) is 16.2. The molecule has 0 aliphatic heterocycles. The minimum absolute atomic E-state index is 0.139. The number of nitrogens with zero attached hydrogens (tertiary/aromatic N) is 1. The van der Waals surface area contributed by atoms with Crippen LogP contribution in [-0.2, 0) is 16.8 Å². The SMILES string of the molecule is CC1(C)CCC1.CCC(=O)Cc1cccc(F)c1.CCC(C)=Nc1ccc(C(C)(C)O)cc1C. The van der Waals surface area contributed by atoms with Gasteiger partial charge in [0, 0.05) is 18.6 Å². The van der Waals surface area contributed by atoms with Crippen LogP contribution in [0.2, 0.25) is 0 Å². The van der Waals surface area contributed by atoms with Gasteiger partial charge in [-0.3, -0.25) is 9.79 Å². The summed E-state index contributed by atoms with van der Waals surface area (Å²) < 4.78 is 12.6. The monoisotopic (exact) mass is 469 g/mol. The Bertz CT molecular complexity index is 949. The second-order valence-electron chi connectivity index (χ2n) is 10.5. The summed E-state index contributed by atoms with van der Waals surface area (Å²) in [5.41, 5.74) is 4.84. The van der Waals surface area contributed by atoms with E-state index in [0.29, 0.717) is 12.8 Å². The first-order valence-corrected chi connectivity index (χ1v) is 12.4. The predicted molar refractivity (Wildman–Crippen MR) is 143 cm³/mol. The Morgan fingerprint density at radius 1 is 1.09 bits per heavy atom. The third-order valence-corrected chi connectivity index (χ3v) is 6.12. The number of ketones is 1. The smallest absolute Gasteiger partial charge is 0.136 e. The van der Waals surface area contributed by atoms with E-state index in [1.807, 2.05) is 39.0 Å². The van der Waals surface area contributed by atoms with Crippen LogP contribution in [0.3, 0.4) is 0 Å². The van der Waals surface area contributed by atoms with Crippen LogP contribution in [0.4, 0.5) is 10.1 Å². The molecule has 0 spiro atoms. The number of rotatable bonds is 6. The lowest BCUT2D eigenvalue weighted by Gasteiger charge is -2.33. The molecule has 0 saturated heterocycles. The van der Waals surface area contributed by atoms with Crippen molar-refractivity contribution in [3.8, 4) is 0 Å². The maximum Gasteiger partial charge on any atom is 0.136 e. The van der Waals surface area contributed by atoms with Crippen LogP contribution in [0.25, 0.3) is 0 Å². The molecule has 0 aromatic heterocycles. The van der Waals surface area contributed by atoms with Crippen molar-refractivity contribution in [2.75, 3.05) is 0 Å². The Morgan fingerprint density at radius 2 is 1.71 bits per heavy atom. The fraction of sp³-hybridized carbons (Fsp3) is 0.533. The lowest BCUT2D eigenvalue weighted by atomic mass is 9.72. The second-order valence-corrected chi connectivity index (χ2v) is 10.5. The summed E-state index contributed by atoms with van der Waals surface area (Å²) in [4.78, 5) is 15.5. The van der Waals surface area contributed by atoms with E-state index in [4.69, 9.17) is 0 Å². The van der Waals surface area contributed by atoms with Crippen LogP contribution in [0.15, 0.2) is 47.5 Å². The van der Waals surface area contributed by atoms with E-state index >= 15 is 0 Å². The summed E-state index contributed by atoms with van der Waals surface area (Å²) in [6, 6.07) is 12.1. The minimum atomic E-state index is -0.785. The van der Waals surface area contributed by atoms with E-state index in [1.165, 1.54) is 31.4 Å². The Morgan fingerprint density at radius 3 is 2.12 bits per heavy atom. The van der Waals surface area contributed by atoms with Crippen molar-refractivity contribution in [1.29, 1.82) is 0 Å². The largest absolute Gasteiger partial charge is 0.386 e. The molecule has 1 aliphatic carbocycles. The zero-order valence-electron chi connectivity index (χ0n) is 22.5. The van der Waals surface area contributed by atoms with Crippen LogP contribution in [0, 0.1) is 18.2 Å². The van der Waals surface area contributed by atoms with Gasteiger partial charge in [-0.2, -0.15) is 0 Å². The summed E-state index contributed by atoms with van der Waals surface area (Å²) in [5.74, 6) is -0.142. The molecule has 0 atom stereocenters. The second kappa shape index (κ2) is 13.5. The van der Waals surface area contributed by atoms with Gasteiger partial charge in [0.1, 0.15) is 11.6 Å². The molecule has 2 aromatic carbocycles. The first-order chi connectivity index (χ1) is 15.8. The van der Waals surface area contributed by atoms with Crippen molar-refractivity contribution < 1.29 is 14.3 Å². The number of carbonyl (C=O) groups is 1. The Kier molecular flexibility index (Phi) is 11.8. The third-order valence-electron chi connectivity index (χ3n) is 6.12. The van der Waals surface area contributed by atoms with Crippen LogP contribution in [0.1, 0.15) is 97.3 Å². The van der Waals surface area contributed by atoms with E-state index in [2.05, 4.69) is 25.8 Å². The lowest BCUT2D eigenvalue weighted by molar-refractivity contribution is -0.118. The van der Waals surface area contributed by atoms with E-state index in [0.717, 1.165) is 39.9 Å². The summed E-state index contributed by atoms with van der Waals surface area (Å²) >= 11 is 0. The van der Waals surface area contributed by atoms with E-state index in [1.54, 1.807) is 26.0 Å². The Balaban J connectivity index is 0.000000280. The van der Waals surface area contributed by atoms with E-state index in [-0.39, 0.29) is 11.6 Å². The summed E-state index contributed by atoms with van der Waals surface area (Å²) in [7, 11) is 0. The van der Waals surface area contributed by atoms with Crippen molar-refractivity contribution in [1.82, 2.24) is 0 Å². The zero-order chi connectivity index (χ0) is 25.9. The molecule has 1 fully saturated rings. The van der Waals surface area contributed by atoms with Gasteiger partial charge in [0.05, 0.1) is 11.3 Å². The van der Waals surface area contributed by atoms with Crippen LogP contribution < -0.4 is 0 Å². The van der Waals surface area contributed by atoms with Crippen molar-refractivity contribution >= 4 is 17.2 Å². The number of hydrogen-bond donors (Lipinski definition) is 1. The third kappa shape index (κ3) is 11.2. The van der Waals surface area contributed by atoms with E-state index in [9.17, 15) is 14.3 Å². The van der Waals surface area contributed by atoms with Gasteiger partial charge in [0.2, 0.25) is 0 Å². The highest BCUT2D eigenvalue weighted by Gasteiger charge is 2.25. The zero-order valence-corrected chi connectivity index (χ0v) is 22.5. The molecule has 0 heterocycles. The topological polar surface area (TPSA) is 49.7 Å². The molecule has 188 valence electrons. The first-order valence-electron chi connectivity index (χ1n) is 12.4. The highest BCUT2D eigenvalue weighted by Crippen LogP contribution is 2.38. The van der Waals surface area contributed by atoms with Crippen molar-refractivity contribution in [3.05, 3.63) is 65.0 Å². The highest BCUT2D eigenvalue weighted by atomic mass is 19.1. The van der Waals surface area contributed by atoms with E-state index < -0.39 is 5.60 Å².